The molecule has 0 unspecified atom stereocenters. The van der Waals surface area contributed by atoms with E-state index in [1.807, 2.05) is 6.07 Å². The van der Waals surface area contributed by atoms with Crippen LogP contribution in [0.4, 0.5) is 0 Å². The van der Waals surface area contributed by atoms with Crippen molar-refractivity contribution >= 4 is 21.6 Å². The molecule has 0 bridgehead atoms. The molecule has 0 radical (unpaired) electrons. The summed E-state index contributed by atoms with van der Waals surface area (Å²) in [5.41, 5.74) is -0.880. The molecule has 1 aromatic carbocycles. The second-order valence-corrected chi connectivity index (χ2v) is 7.24. The Bertz CT molecular complexity index is 634. The van der Waals surface area contributed by atoms with Crippen LogP contribution in [0.3, 0.4) is 0 Å². The molecule has 20 heavy (non-hydrogen) atoms. The second-order valence-electron chi connectivity index (χ2n) is 5.09. The predicted molar refractivity (Wildman–Crippen MR) is 76.8 cm³/mol. The molecule has 0 aliphatic carbocycles. The molecule has 5 nitrogen and oxygen atoms in total. The lowest BCUT2D eigenvalue weighted by atomic mass is 9.93. The summed E-state index contributed by atoms with van der Waals surface area (Å²) in [4.78, 5) is -0.113. The first-order chi connectivity index (χ1) is 9.10. The quantitative estimate of drug-likeness (QED) is 0.868. The molecule has 0 heterocycles. The Morgan fingerprint density at radius 3 is 2.55 bits per heavy atom. The van der Waals surface area contributed by atoms with Crippen LogP contribution in [0.5, 0.6) is 0 Å². The Morgan fingerprint density at radius 2 is 2.10 bits per heavy atom. The lowest BCUT2D eigenvalue weighted by Gasteiger charge is -2.27. The first kappa shape index (κ1) is 16.9. The molecular formula is C13H17ClN2O3S. The average Bonchev–Trinajstić information content (AvgIpc) is 2.36. The number of hydrogen-bond donors (Lipinski definition) is 2. The largest absolute Gasteiger partial charge is 0.389 e. The molecule has 0 spiro atoms. The molecule has 1 atom stereocenters. The molecule has 0 fully saturated rings. The average molecular weight is 317 g/mol. The third-order valence-electron chi connectivity index (χ3n) is 3.21. The Balaban J connectivity index is 2.99. The third-order valence-corrected chi connectivity index (χ3v) is 5.10. The van der Waals surface area contributed by atoms with E-state index in [0.29, 0.717) is 0 Å². The van der Waals surface area contributed by atoms with Crippen LogP contribution >= 0.6 is 11.6 Å². The number of benzene rings is 1. The minimum absolute atomic E-state index is 0.0271. The number of nitrogens with zero attached hydrogens (tertiary/aromatic N) is 1. The van der Waals surface area contributed by atoms with Gasteiger partial charge in [-0.1, -0.05) is 25.4 Å². The smallest absolute Gasteiger partial charge is 0.242 e. The van der Waals surface area contributed by atoms with Crippen molar-refractivity contribution in [2.75, 3.05) is 6.54 Å². The predicted octanol–water partition coefficient (Wildman–Crippen LogP) is 1.90. The van der Waals surface area contributed by atoms with Gasteiger partial charge in [-0.2, -0.15) is 5.26 Å². The van der Waals surface area contributed by atoms with Crippen LogP contribution in [0.1, 0.15) is 26.3 Å². The summed E-state index contributed by atoms with van der Waals surface area (Å²) in [6, 6.07) is 5.81. The Morgan fingerprint density at radius 1 is 1.50 bits per heavy atom. The van der Waals surface area contributed by atoms with Crippen molar-refractivity contribution in [2.24, 2.45) is 5.92 Å². The molecule has 1 rings (SSSR count). The van der Waals surface area contributed by atoms with Gasteiger partial charge in [-0.15, -0.1) is 0 Å². The molecular weight excluding hydrogens is 300 g/mol. The highest BCUT2D eigenvalue weighted by atomic mass is 35.5. The standard InChI is InChI=1S/C13H17ClN2O3S/c1-9(2)13(3,17)8-16-20(18,19)12-5-4-10(7-15)6-11(12)14/h4-6,9,16-17H,8H2,1-3H3/t13-/m0/s1. The number of halogens is 1. The third kappa shape index (κ3) is 3.93. The van der Waals surface area contributed by atoms with Crippen molar-refractivity contribution < 1.29 is 13.5 Å². The summed E-state index contributed by atoms with van der Waals surface area (Å²) in [5.74, 6) is -0.110. The van der Waals surface area contributed by atoms with E-state index in [0.717, 1.165) is 0 Å². The zero-order chi connectivity index (χ0) is 15.6. The number of aliphatic hydroxyl groups is 1. The van der Waals surface area contributed by atoms with E-state index < -0.39 is 15.6 Å². The fourth-order valence-electron chi connectivity index (χ4n) is 1.31. The van der Waals surface area contributed by atoms with E-state index in [1.165, 1.54) is 18.2 Å². The first-order valence-electron chi connectivity index (χ1n) is 6.02. The number of hydrogen-bond acceptors (Lipinski definition) is 4. The fourth-order valence-corrected chi connectivity index (χ4v) is 3.00. The van der Waals surface area contributed by atoms with Gasteiger partial charge in [-0.3, -0.25) is 0 Å². The van der Waals surface area contributed by atoms with E-state index >= 15 is 0 Å². The van der Waals surface area contributed by atoms with Crippen LogP contribution in [-0.2, 0) is 10.0 Å². The van der Waals surface area contributed by atoms with Crippen LogP contribution in [0.15, 0.2) is 23.1 Å². The van der Waals surface area contributed by atoms with Crippen molar-refractivity contribution in [2.45, 2.75) is 31.3 Å². The molecule has 0 aromatic heterocycles. The van der Waals surface area contributed by atoms with Gasteiger partial charge in [-0.05, 0) is 31.0 Å². The van der Waals surface area contributed by atoms with Gasteiger partial charge in [-0.25, -0.2) is 13.1 Å². The van der Waals surface area contributed by atoms with Crippen LogP contribution < -0.4 is 4.72 Å². The van der Waals surface area contributed by atoms with Gasteiger partial charge in [0.05, 0.1) is 22.3 Å². The highest BCUT2D eigenvalue weighted by Gasteiger charge is 2.28. The first-order valence-corrected chi connectivity index (χ1v) is 7.88. The summed E-state index contributed by atoms with van der Waals surface area (Å²) in [6.45, 7) is 5.02. The van der Waals surface area contributed by atoms with Gasteiger partial charge in [0.2, 0.25) is 10.0 Å². The van der Waals surface area contributed by atoms with Gasteiger partial charge >= 0.3 is 0 Å². The molecule has 0 aliphatic heterocycles. The highest BCUT2D eigenvalue weighted by Crippen LogP contribution is 2.23. The summed E-state index contributed by atoms with van der Waals surface area (Å²) in [7, 11) is -3.83. The van der Waals surface area contributed by atoms with Gasteiger partial charge < -0.3 is 5.11 Å². The normalized spacial score (nSPS) is 14.8. The number of nitrogens with one attached hydrogen (secondary N) is 1. The Labute approximate surface area is 124 Å². The number of sulfonamides is 1. The van der Waals surface area contributed by atoms with Crippen molar-refractivity contribution in [3.05, 3.63) is 28.8 Å². The summed E-state index contributed by atoms with van der Waals surface area (Å²) < 4.78 is 26.6. The van der Waals surface area contributed by atoms with Crippen LogP contribution in [0.2, 0.25) is 5.02 Å². The monoisotopic (exact) mass is 316 g/mol. The van der Waals surface area contributed by atoms with Crippen molar-refractivity contribution in [3.8, 4) is 6.07 Å². The summed E-state index contributed by atoms with van der Waals surface area (Å²) in [5, 5.41) is 18.7. The SMILES string of the molecule is CC(C)[C@@](C)(O)CNS(=O)(=O)c1ccc(C#N)cc1Cl. The van der Waals surface area contributed by atoms with Crippen molar-refractivity contribution in [1.82, 2.24) is 4.72 Å². The van der Waals surface area contributed by atoms with E-state index in [-0.39, 0.29) is 27.9 Å². The molecule has 0 amide bonds. The molecule has 0 saturated heterocycles. The highest BCUT2D eigenvalue weighted by molar-refractivity contribution is 7.89. The van der Waals surface area contributed by atoms with E-state index in [2.05, 4.69) is 4.72 Å². The number of nitriles is 1. The van der Waals surface area contributed by atoms with Crippen LogP contribution in [0, 0.1) is 17.2 Å². The Hall–Kier alpha value is -1.13. The minimum Gasteiger partial charge on any atom is -0.389 e. The molecule has 110 valence electrons. The Kier molecular flexibility index (Phi) is 5.16. The zero-order valence-electron chi connectivity index (χ0n) is 11.5. The number of rotatable bonds is 5. The lowest BCUT2D eigenvalue weighted by molar-refractivity contribution is 0.0190. The van der Waals surface area contributed by atoms with Gasteiger partial charge in [0.15, 0.2) is 0 Å². The fraction of sp³-hybridized carbons (Fsp3) is 0.462. The zero-order valence-corrected chi connectivity index (χ0v) is 13.1. The summed E-state index contributed by atoms with van der Waals surface area (Å²) in [6.07, 6.45) is 0. The van der Waals surface area contributed by atoms with E-state index in [1.54, 1.807) is 20.8 Å². The lowest BCUT2D eigenvalue weighted by Crippen LogP contribution is -2.44. The molecule has 7 heteroatoms. The maximum Gasteiger partial charge on any atom is 0.242 e. The maximum absolute atomic E-state index is 12.1. The molecule has 0 aliphatic rings. The topological polar surface area (TPSA) is 90.2 Å². The second kappa shape index (κ2) is 6.10. The van der Waals surface area contributed by atoms with Crippen molar-refractivity contribution in [1.29, 1.82) is 5.26 Å². The van der Waals surface area contributed by atoms with Gasteiger partial charge in [0, 0.05) is 6.54 Å². The van der Waals surface area contributed by atoms with Crippen LogP contribution in [-0.4, -0.2) is 25.7 Å². The maximum atomic E-state index is 12.1. The van der Waals surface area contributed by atoms with Crippen molar-refractivity contribution in [3.63, 3.8) is 0 Å². The van der Waals surface area contributed by atoms with E-state index in [9.17, 15) is 13.5 Å². The molecule has 0 saturated carbocycles. The van der Waals surface area contributed by atoms with Crippen LogP contribution in [0.25, 0.3) is 0 Å². The summed E-state index contributed by atoms with van der Waals surface area (Å²) >= 11 is 5.87. The minimum atomic E-state index is -3.83. The molecule has 1 aromatic rings. The van der Waals surface area contributed by atoms with E-state index in [4.69, 9.17) is 16.9 Å². The van der Waals surface area contributed by atoms with Gasteiger partial charge in [0.25, 0.3) is 0 Å². The van der Waals surface area contributed by atoms with Gasteiger partial charge in [0.1, 0.15) is 4.90 Å². The molecule has 2 N–H and O–H groups in total.